The van der Waals surface area contributed by atoms with E-state index in [1.165, 1.54) is 32.0 Å². The zero-order valence-electron chi connectivity index (χ0n) is 10.9. The van der Waals surface area contributed by atoms with Gasteiger partial charge in [-0.15, -0.1) is 11.3 Å². The molecule has 0 spiro atoms. The van der Waals surface area contributed by atoms with Crippen molar-refractivity contribution in [1.29, 1.82) is 0 Å². The van der Waals surface area contributed by atoms with Gasteiger partial charge < -0.3 is 4.74 Å². The van der Waals surface area contributed by atoms with E-state index >= 15 is 0 Å². The molecule has 1 nitrogen and oxygen atoms in total. The van der Waals surface area contributed by atoms with Crippen LogP contribution in [0.5, 0.6) is 5.75 Å². The molecule has 0 N–H and O–H groups in total. The van der Waals surface area contributed by atoms with Gasteiger partial charge >= 0.3 is 0 Å². The van der Waals surface area contributed by atoms with E-state index in [1.54, 1.807) is 7.11 Å². The van der Waals surface area contributed by atoms with Gasteiger partial charge in [0.05, 0.1) is 7.11 Å². The van der Waals surface area contributed by atoms with Crippen molar-refractivity contribution in [2.75, 3.05) is 7.11 Å². The minimum Gasteiger partial charge on any atom is -0.497 e. The predicted octanol–water partition coefficient (Wildman–Crippen LogP) is 4.69. The minimum atomic E-state index is 0.912. The van der Waals surface area contributed by atoms with Crippen molar-refractivity contribution in [1.82, 2.24) is 0 Å². The van der Waals surface area contributed by atoms with Gasteiger partial charge in [-0.05, 0) is 37.1 Å². The number of thiophene rings is 1. The van der Waals surface area contributed by atoms with Crippen molar-refractivity contribution in [2.45, 2.75) is 20.3 Å². The molecule has 1 aromatic carbocycles. The fourth-order valence-corrected chi connectivity index (χ4v) is 3.84. The highest BCUT2D eigenvalue weighted by Crippen LogP contribution is 2.42. The summed E-state index contributed by atoms with van der Waals surface area (Å²) in [7, 11) is 1.70. The number of hydrogen-bond donors (Lipinski definition) is 0. The molecule has 0 atom stereocenters. The van der Waals surface area contributed by atoms with Gasteiger partial charge in [0.1, 0.15) is 5.75 Å². The van der Waals surface area contributed by atoms with E-state index in [2.05, 4.69) is 32.1 Å². The van der Waals surface area contributed by atoms with E-state index < -0.39 is 0 Å². The van der Waals surface area contributed by atoms with Crippen LogP contribution in [0.25, 0.3) is 17.2 Å². The summed E-state index contributed by atoms with van der Waals surface area (Å²) < 4.78 is 5.22. The molecular formula is C16H16OS. The first kappa shape index (κ1) is 11.5. The molecule has 2 heteroatoms. The summed E-state index contributed by atoms with van der Waals surface area (Å²) >= 11 is 1.93. The molecule has 0 aliphatic heterocycles. The standard InChI is InChI=1S/C16H16OS/c1-10-8-14-15(9-10)18-11(2)16(14)12-4-6-13(17-3)7-5-12/h4-8H,9H2,1-3H3. The third-order valence-electron chi connectivity index (χ3n) is 3.41. The molecule has 0 bridgehead atoms. The van der Waals surface area contributed by atoms with E-state index in [1.807, 2.05) is 23.5 Å². The lowest BCUT2D eigenvalue weighted by Crippen LogP contribution is -1.84. The highest BCUT2D eigenvalue weighted by atomic mass is 32.1. The topological polar surface area (TPSA) is 9.23 Å². The molecule has 0 unspecified atom stereocenters. The first-order valence-electron chi connectivity index (χ1n) is 6.13. The maximum Gasteiger partial charge on any atom is 0.118 e. The quantitative estimate of drug-likeness (QED) is 0.757. The second-order valence-electron chi connectivity index (χ2n) is 4.77. The van der Waals surface area contributed by atoms with Crippen molar-refractivity contribution in [2.24, 2.45) is 0 Å². The van der Waals surface area contributed by atoms with Crippen LogP contribution in [0, 0.1) is 6.92 Å². The Bertz CT molecular complexity index is 617. The van der Waals surface area contributed by atoms with Crippen LogP contribution in [0.1, 0.15) is 22.2 Å². The molecule has 0 fully saturated rings. The monoisotopic (exact) mass is 256 g/mol. The van der Waals surface area contributed by atoms with Gasteiger partial charge in [-0.1, -0.05) is 23.8 Å². The van der Waals surface area contributed by atoms with Crippen molar-refractivity contribution in [3.63, 3.8) is 0 Å². The first-order valence-corrected chi connectivity index (χ1v) is 6.94. The maximum absolute atomic E-state index is 5.22. The number of aryl methyl sites for hydroxylation is 1. The van der Waals surface area contributed by atoms with Crippen LogP contribution in [0.3, 0.4) is 0 Å². The fourth-order valence-electron chi connectivity index (χ4n) is 2.57. The van der Waals surface area contributed by atoms with Gasteiger partial charge in [-0.3, -0.25) is 0 Å². The summed E-state index contributed by atoms with van der Waals surface area (Å²) in [5.74, 6) is 0.912. The molecule has 0 radical (unpaired) electrons. The van der Waals surface area contributed by atoms with Gasteiger partial charge in [0.2, 0.25) is 0 Å². The molecule has 18 heavy (non-hydrogen) atoms. The molecule has 1 aliphatic carbocycles. The molecule has 0 amide bonds. The highest BCUT2D eigenvalue weighted by molar-refractivity contribution is 7.12. The van der Waals surface area contributed by atoms with E-state index in [0.717, 1.165) is 12.2 Å². The van der Waals surface area contributed by atoms with Gasteiger partial charge in [0, 0.05) is 21.7 Å². The van der Waals surface area contributed by atoms with Gasteiger partial charge in [0.15, 0.2) is 0 Å². The molecule has 3 rings (SSSR count). The number of methoxy groups -OCH3 is 1. The minimum absolute atomic E-state index is 0.912. The fraction of sp³-hybridized carbons (Fsp3) is 0.250. The summed E-state index contributed by atoms with van der Waals surface area (Å²) in [5.41, 5.74) is 5.58. The Morgan fingerprint density at radius 2 is 1.83 bits per heavy atom. The third kappa shape index (κ3) is 1.77. The molecule has 0 saturated heterocycles. The van der Waals surface area contributed by atoms with Crippen molar-refractivity contribution >= 4 is 17.4 Å². The van der Waals surface area contributed by atoms with Crippen LogP contribution in [-0.4, -0.2) is 7.11 Å². The Morgan fingerprint density at radius 1 is 1.11 bits per heavy atom. The van der Waals surface area contributed by atoms with Gasteiger partial charge in [-0.25, -0.2) is 0 Å². The molecule has 1 heterocycles. The summed E-state index contributed by atoms with van der Waals surface area (Å²) in [5, 5.41) is 0. The molecular weight excluding hydrogens is 240 g/mol. The summed E-state index contributed by atoms with van der Waals surface area (Å²) in [4.78, 5) is 2.92. The average molecular weight is 256 g/mol. The largest absolute Gasteiger partial charge is 0.497 e. The Kier molecular flexibility index (Phi) is 2.75. The number of ether oxygens (including phenoxy) is 1. The number of allylic oxidation sites excluding steroid dienone is 1. The lowest BCUT2D eigenvalue weighted by molar-refractivity contribution is 0.415. The number of hydrogen-bond acceptors (Lipinski definition) is 2. The lowest BCUT2D eigenvalue weighted by atomic mass is 10.0. The van der Waals surface area contributed by atoms with Crippen molar-refractivity contribution < 1.29 is 4.74 Å². The lowest BCUT2D eigenvalue weighted by Gasteiger charge is -2.05. The smallest absolute Gasteiger partial charge is 0.118 e. The van der Waals surface area contributed by atoms with Crippen LogP contribution in [-0.2, 0) is 6.42 Å². The molecule has 1 aliphatic rings. The Morgan fingerprint density at radius 3 is 2.50 bits per heavy atom. The predicted molar refractivity (Wildman–Crippen MR) is 78.4 cm³/mol. The average Bonchev–Trinajstić information content (AvgIpc) is 2.84. The zero-order valence-corrected chi connectivity index (χ0v) is 11.7. The number of fused-ring (bicyclic) bond motifs is 1. The first-order chi connectivity index (χ1) is 8.69. The molecule has 2 aromatic rings. The Hall–Kier alpha value is -1.54. The third-order valence-corrected chi connectivity index (χ3v) is 4.53. The van der Waals surface area contributed by atoms with Gasteiger partial charge in [-0.2, -0.15) is 0 Å². The van der Waals surface area contributed by atoms with Crippen LogP contribution < -0.4 is 4.74 Å². The summed E-state index contributed by atoms with van der Waals surface area (Å²) in [6.45, 7) is 4.42. The highest BCUT2D eigenvalue weighted by Gasteiger charge is 2.19. The van der Waals surface area contributed by atoms with Crippen molar-refractivity contribution in [3.8, 4) is 16.9 Å². The van der Waals surface area contributed by atoms with E-state index in [0.29, 0.717) is 0 Å². The second-order valence-corrected chi connectivity index (χ2v) is 6.08. The van der Waals surface area contributed by atoms with E-state index in [9.17, 15) is 0 Å². The number of rotatable bonds is 2. The summed E-state index contributed by atoms with van der Waals surface area (Å²) in [6, 6.07) is 8.36. The van der Waals surface area contributed by atoms with E-state index in [4.69, 9.17) is 4.74 Å². The van der Waals surface area contributed by atoms with Crippen LogP contribution in [0.2, 0.25) is 0 Å². The second kappa shape index (κ2) is 4.29. The van der Waals surface area contributed by atoms with Crippen LogP contribution in [0.4, 0.5) is 0 Å². The Labute approximate surface area is 112 Å². The maximum atomic E-state index is 5.22. The molecule has 0 saturated carbocycles. The molecule has 92 valence electrons. The SMILES string of the molecule is COc1ccc(-c2c(C)sc3c2C=C(C)C3)cc1. The van der Waals surface area contributed by atoms with E-state index in [-0.39, 0.29) is 0 Å². The summed E-state index contributed by atoms with van der Waals surface area (Å²) in [6.07, 6.45) is 3.45. The zero-order chi connectivity index (χ0) is 12.7. The van der Waals surface area contributed by atoms with Crippen LogP contribution in [0.15, 0.2) is 29.8 Å². The van der Waals surface area contributed by atoms with Crippen molar-refractivity contribution in [3.05, 3.63) is 45.2 Å². The Balaban J connectivity index is 2.11. The van der Waals surface area contributed by atoms with Crippen LogP contribution >= 0.6 is 11.3 Å². The van der Waals surface area contributed by atoms with Gasteiger partial charge in [0.25, 0.3) is 0 Å². The molecule has 1 aromatic heterocycles. The number of benzene rings is 1. The normalized spacial score (nSPS) is 13.4.